The summed E-state index contributed by atoms with van der Waals surface area (Å²) in [5.41, 5.74) is 0. The van der Waals surface area contributed by atoms with E-state index in [1.165, 1.54) is 0 Å². The van der Waals surface area contributed by atoms with Gasteiger partial charge in [-0.2, -0.15) is 0 Å². The number of hydrogen-bond acceptors (Lipinski definition) is 2. The van der Waals surface area contributed by atoms with Crippen LogP contribution in [0.15, 0.2) is 4.99 Å². The van der Waals surface area contributed by atoms with Gasteiger partial charge in [0.25, 0.3) is 0 Å². The van der Waals surface area contributed by atoms with Gasteiger partial charge in [-0.3, -0.25) is 14.7 Å². The number of nitrogens with zero attached hydrogens (tertiary/aromatic N) is 2. The SMILES string of the molecule is O=C1CCCC2=NCCN12. The molecule has 0 aromatic carbocycles. The summed E-state index contributed by atoms with van der Waals surface area (Å²) in [6, 6.07) is 0. The molecule has 0 aliphatic carbocycles. The summed E-state index contributed by atoms with van der Waals surface area (Å²) in [5.74, 6) is 1.29. The fourth-order valence-electron chi connectivity index (χ4n) is 1.51. The predicted octanol–water partition coefficient (Wildman–Crippen LogP) is 0.411. The normalized spacial score (nSPS) is 24.6. The minimum absolute atomic E-state index is 0.266. The van der Waals surface area contributed by atoms with Crippen molar-refractivity contribution in [3.05, 3.63) is 0 Å². The van der Waals surface area contributed by atoms with E-state index in [0.717, 1.165) is 38.2 Å². The molecule has 1 fully saturated rings. The largest absolute Gasteiger partial charge is 0.299 e. The highest BCUT2D eigenvalue weighted by atomic mass is 16.2. The van der Waals surface area contributed by atoms with Crippen LogP contribution in [0, 0.1) is 0 Å². The first kappa shape index (κ1) is 5.89. The smallest absolute Gasteiger partial charge is 0.227 e. The van der Waals surface area contributed by atoms with Crippen molar-refractivity contribution >= 4 is 11.7 Å². The molecular formula is C7H10N2O. The summed E-state index contributed by atoms with van der Waals surface area (Å²) in [7, 11) is 0. The van der Waals surface area contributed by atoms with Crippen LogP contribution in [0.25, 0.3) is 0 Å². The number of carbonyl (C=O) groups is 1. The van der Waals surface area contributed by atoms with Gasteiger partial charge in [-0.15, -0.1) is 0 Å². The quantitative estimate of drug-likeness (QED) is 0.477. The average molecular weight is 138 g/mol. The summed E-state index contributed by atoms with van der Waals surface area (Å²) >= 11 is 0. The molecule has 0 N–H and O–H groups in total. The maximum atomic E-state index is 11.1. The molecule has 0 radical (unpaired) electrons. The van der Waals surface area contributed by atoms with Gasteiger partial charge in [0.1, 0.15) is 5.84 Å². The molecule has 0 aromatic rings. The van der Waals surface area contributed by atoms with Gasteiger partial charge >= 0.3 is 0 Å². The molecule has 2 aliphatic rings. The topological polar surface area (TPSA) is 32.7 Å². The number of fused-ring (bicyclic) bond motifs is 1. The zero-order valence-electron chi connectivity index (χ0n) is 5.84. The molecule has 3 heteroatoms. The lowest BCUT2D eigenvalue weighted by atomic mass is 10.1. The van der Waals surface area contributed by atoms with Gasteiger partial charge < -0.3 is 0 Å². The summed E-state index contributed by atoms with van der Waals surface area (Å²) in [6.07, 6.45) is 2.72. The fraction of sp³-hybridized carbons (Fsp3) is 0.714. The molecule has 1 amide bonds. The molecule has 0 unspecified atom stereocenters. The van der Waals surface area contributed by atoms with E-state index in [4.69, 9.17) is 0 Å². The molecule has 2 rings (SSSR count). The third kappa shape index (κ3) is 0.735. The number of piperidine rings is 1. The van der Waals surface area contributed by atoms with E-state index in [9.17, 15) is 4.79 Å². The Bertz CT molecular complexity index is 198. The number of aliphatic imine (C=N–C) groups is 1. The minimum atomic E-state index is 0.266. The Labute approximate surface area is 59.7 Å². The maximum Gasteiger partial charge on any atom is 0.227 e. The molecule has 10 heavy (non-hydrogen) atoms. The Balaban J connectivity index is 2.21. The molecule has 3 nitrogen and oxygen atoms in total. The van der Waals surface area contributed by atoms with Crippen LogP contribution in [0.5, 0.6) is 0 Å². The van der Waals surface area contributed by atoms with Crippen LogP contribution in [0.2, 0.25) is 0 Å². The molecule has 54 valence electrons. The number of hydrogen-bond donors (Lipinski definition) is 0. The predicted molar refractivity (Wildman–Crippen MR) is 37.9 cm³/mol. The van der Waals surface area contributed by atoms with E-state index < -0.39 is 0 Å². The highest BCUT2D eigenvalue weighted by Gasteiger charge is 2.26. The Morgan fingerprint density at radius 3 is 3.10 bits per heavy atom. The molecule has 1 saturated heterocycles. The minimum Gasteiger partial charge on any atom is -0.299 e. The lowest BCUT2D eigenvalue weighted by molar-refractivity contribution is -0.127. The first-order valence-corrected chi connectivity index (χ1v) is 3.71. The summed E-state index contributed by atoms with van der Waals surface area (Å²) in [5, 5.41) is 0. The standard InChI is InChI=1S/C7H10N2O/c10-7-3-1-2-6-8-4-5-9(6)7/h1-5H2. The molecule has 0 saturated carbocycles. The van der Waals surface area contributed by atoms with Gasteiger partial charge in [-0.05, 0) is 6.42 Å². The van der Waals surface area contributed by atoms with Gasteiger partial charge in [-0.25, -0.2) is 0 Å². The van der Waals surface area contributed by atoms with Crippen molar-refractivity contribution in [1.29, 1.82) is 0 Å². The second kappa shape index (κ2) is 2.08. The van der Waals surface area contributed by atoms with Crippen molar-refractivity contribution in [2.45, 2.75) is 19.3 Å². The van der Waals surface area contributed by atoms with Crippen LogP contribution < -0.4 is 0 Å². The summed E-state index contributed by atoms with van der Waals surface area (Å²) in [4.78, 5) is 17.2. The zero-order chi connectivity index (χ0) is 6.97. The molecule has 0 spiro atoms. The molecule has 0 aromatic heterocycles. The van der Waals surface area contributed by atoms with Crippen molar-refractivity contribution in [3.8, 4) is 0 Å². The van der Waals surface area contributed by atoms with Crippen molar-refractivity contribution < 1.29 is 4.79 Å². The van der Waals surface area contributed by atoms with Crippen molar-refractivity contribution in [1.82, 2.24) is 4.90 Å². The molecular weight excluding hydrogens is 128 g/mol. The highest BCUT2D eigenvalue weighted by molar-refractivity contribution is 6.01. The monoisotopic (exact) mass is 138 g/mol. The Hall–Kier alpha value is -0.860. The Morgan fingerprint density at radius 2 is 2.30 bits per heavy atom. The molecule has 2 heterocycles. The maximum absolute atomic E-state index is 11.1. The van der Waals surface area contributed by atoms with Crippen LogP contribution in [-0.2, 0) is 4.79 Å². The van der Waals surface area contributed by atoms with Crippen molar-refractivity contribution in [2.24, 2.45) is 4.99 Å². The van der Waals surface area contributed by atoms with Crippen molar-refractivity contribution in [3.63, 3.8) is 0 Å². The second-order valence-corrected chi connectivity index (χ2v) is 2.70. The molecule has 2 aliphatic heterocycles. The third-order valence-corrected chi connectivity index (χ3v) is 2.02. The lowest BCUT2D eigenvalue weighted by Gasteiger charge is -2.22. The van der Waals surface area contributed by atoms with Gasteiger partial charge in [0.05, 0.1) is 6.54 Å². The van der Waals surface area contributed by atoms with Crippen LogP contribution in [0.4, 0.5) is 0 Å². The van der Waals surface area contributed by atoms with E-state index in [0.29, 0.717) is 0 Å². The number of carbonyl (C=O) groups excluding carboxylic acids is 1. The van der Waals surface area contributed by atoms with E-state index >= 15 is 0 Å². The van der Waals surface area contributed by atoms with Crippen LogP contribution in [-0.4, -0.2) is 29.7 Å². The number of amidine groups is 1. The van der Waals surface area contributed by atoms with E-state index in [-0.39, 0.29) is 5.91 Å². The molecule has 0 atom stereocenters. The summed E-state index contributed by atoms with van der Waals surface area (Å²) < 4.78 is 0. The first-order chi connectivity index (χ1) is 4.88. The van der Waals surface area contributed by atoms with E-state index in [1.807, 2.05) is 4.90 Å². The van der Waals surface area contributed by atoms with Crippen LogP contribution in [0.1, 0.15) is 19.3 Å². The van der Waals surface area contributed by atoms with Gasteiger partial charge in [0.2, 0.25) is 5.91 Å². The average Bonchev–Trinajstić information content (AvgIpc) is 2.36. The zero-order valence-corrected chi connectivity index (χ0v) is 5.84. The van der Waals surface area contributed by atoms with Crippen LogP contribution in [0.3, 0.4) is 0 Å². The first-order valence-electron chi connectivity index (χ1n) is 3.71. The third-order valence-electron chi connectivity index (χ3n) is 2.02. The second-order valence-electron chi connectivity index (χ2n) is 2.70. The van der Waals surface area contributed by atoms with E-state index in [2.05, 4.69) is 4.99 Å². The Morgan fingerprint density at radius 1 is 1.40 bits per heavy atom. The van der Waals surface area contributed by atoms with Crippen molar-refractivity contribution in [2.75, 3.05) is 13.1 Å². The van der Waals surface area contributed by atoms with Gasteiger partial charge in [-0.1, -0.05) is 0 Å². The fourth-order valence-corrected chi connectivity index (χ4v) is 1.51. The van der Waals surface area contributed by atoms with Crippen LogP contribution >= 0.6 is 0 Å². The summed E-state index contributed by atoms with van der Waals surface area (Å²) in [6.45, 7) is 1.65. The van der Waals surface area contributed by atoms with E-state index in [1.54, 1.807) is 0 Å². The Kier molecular flexibility index (Phi) is 1.22. The van der Waals surface area contributed by atoms with Gasteiger partial charge in [0.15, 0.2) is 0 Å². The number of rotatable bonds is 0. The number of amides is 1. The van der Waals surface area contributed by atoms with Gasteiger partial charge in [0, 0.05) is 19.4 Å². The molecule has 0 bridgehead atoms. The highest BCUT2D eigenvalue weighted by Crippen LogP contribution is 2.16. The lowest BCUT2D eigenvalue weighted by Crippen LogP contribution is -2.37.